The van der Waals surface area contributed by atoms with Gasteiger partial charge >= 0.3 is 12.1 Å². The van der Waals surface area contributed by atoms with E-state index in [2.05, 4.69) is 5.32 Å². The number of carbonyl (C=O) groups is 2. The van der Waals surface area contributed by atoms with E-state index in [4.69, 9.17) is 9.47 Å². The first-order valence-corrected chi connectivity index (χ1v) is 7.67. The molecular formula is C16H17NO4S. The molecule has 0 spiro atoms. The summed E-state index contributed by atoms with van der Waals surface area (Å²) in [6.45, 7) is 1.60. The number of carbonyl (C=O) groups excluding carboxylic acids is 2. The second kappa shape index (κ2) is 8.19. The molecule has 0 unspecified atom stereocenters. The first-order valence-electron chi connectivity index (χ1n) is 6.79. The molecule has 1 atom stereocenters. The monoisotopic (exact) mass is 319 g/mol. The fourth-order valence-electron chi connectivity index (χ4n) is 1.79. The first kappa shape index (κ1) is 16.0. The van der Waals surface area contributed by atoms with Gasteiger partial charge in [0.25, 0.3) is 0 Å². The van der Waals surface area contributed by atoms with Crippen molar-refractivity contribution in [2.75, 3.05) is 6.61 Å². The fraction of sp³-hybridized carbons (Fsp3) is 0.250. The number of alkyl carbamates (subject to hydrolysis) is 1. The Morgan fingerprint density at radius 3 is 2.55 bits per heavy atom. The van der Waals surface area contributed by atoms with Crippen LogP contribution in [0.1, 0.15) is 23.4 Å². The van der Waals surface area contributed by atoms with Crippen LogP contribution < -0.4 is 5.32 Å². The second-order valence-corrected chi connectivity index (χ2v) is 5.56. The summed E-state index contributed by atoms with van der Waals surface area (Å²) in [5.74, 6) is -0.388. The van der Waals surface area contributed by atoms with Crippen LogP contribution in [0.5, 0.6) is 0 Å². The number of thiophene rings is 1. The molecule has 0 saturated heterocycles. The summed E-state index contributed by atoms with van der Waals surface area (Å²) in [6, 6.07) is 12.7. The summed E-state index contributed by atoms with van der Waals surface area (Å²) < 4.78 is 10.2. The van der Waals surface area contributed by atoms with Gasteiger partial charge in [-0.3, -0.25) is 4.79 Å². The smallest absolute Gasteiger partial charge is 0.408 e. The van der Waals surface area contributed by atoms with Crippen molar-refractivity contribution in [3.8, 4) is 0 Å². The Hall–Kier alpha value is -2.34. The van der Waals surface area contributed by atoms with Crippen LogP contribution in [0.25, 0.3) is 0 Å². The predicted molar refractivity (Wildman–Crippen MR) is 83.5 cm³/mol. The van der Waals surface area contributed by atoms with Crippen molar-refractivity contribution in [1.29, 1.82) is 0 Å². The van der Waals surface area contributed by atoms with E-state index in [0.29, 0.717) is 0 Å². The molecule has 1 aromatic carbocycles. The molecule has 1 N–H and O–H groups in total. The molecule has 1 amide bonds. The number of rotatable bonds is 6. The Labute approximate surface area is 132 Å². The number of nitrogens with one attached hydrogen (secondary N) is 1. The minimum Gasteiger partial charge on any atom is -0.463 e. The van der Waals surface area contributed by atoms with E-state index in [0.717, 1.165) is 10.4 Å². The highest BCUT2D eigenvalue weighted by Gasteiger charge is 2.18. The fourth-order valence-corrected chi connectivity index (χ4v) is 2.55. The Kier molecular flexibility index (Phi) is 5.97. The van der Waals surface area contributed by atoms with Crippen LogP contribution in [0, 0.1) is 0 Å². The van der Waals surface area contributed by atoms with E-state index in [-0.39, 0.29) is 19.2 Å². The molecule has 0 saturated carbocycles. The third-order valence-corrected chi connectivity index (χ3v) is 3.83. The highest BCUT2D eigenvalue weighted by molar-refractivity contribution is 7.10. The molecular weight excluding hydrogens is 302 g/mol. The molecule has 1 heterocycles. The summed E-state index contributed by atoms with van der Waals surface area (Å²) in [5, 5.41) is 4.61. The molecule has 0 bridgehead atoms. The summed E-state index contributed by atoms with van der Waals surface area (Å²) in [6.07, 6.45) is -0.547. The maximum absolute atomic E-state index is 11.9. The highest BCUT2D eigenvalue weighted by atomic mass is 32.1. The Morgan fingerprint density at radius 1 is 1.14 bits per heavy atom. The van der Waals surface area contributed by atoms with Crippen LogP contribution in [-0.2, 0) is 20.9 Å². The van der Waals surface area contributed by atoms with Gasteiger partial charge in [-0.25, -0.2) is 4.79 Å². The lowest BCUT2D eigenvalue weighted by Gasteiger charge is -2.17. The SMILES string of the molecule is CC(=O)OC[C@@H](NC(=O)OCc1ccccc1)c1cccs1. The Bertz CT molecular complexity index is 598. The number of amides is 1. The van der Waals surface area contributed by atoms with E-state index in [1.54, 1.807) is 0 Å². The van der Waals surface area contributed by atoms with Crippen LogP contribution in [0.15, 0.2) is 47.8 Å². The summed E-state index contributed by atoms with van der Waals surface area (Å²) in [4.78, 5) is 23.7. The minimum atomic E-state index is -0.547. The molecule has 0 aliphatic rings. The zero-order chi connectivity index (χ0) is 15.8. The van der Waals surface area contributed by atoms with Crippen molar-refractivity contribution >= 4 is 23.4 Å². The average Bonchev–Trinajstić information content (AvgIpc) is 3.04. The molecule has 0 fully saturated rings. The highest BCUT2D eigenvalue weighted by Crippen LogP contribution is 2.19. The van der Waals surface area contributed by atoms with Gasteiger partial charge in [-0.05, 0) is 17.0 Å². The van der Waals surface area contributed by atoms with Gasteiger partial charge in [-0.2, -0.15) is 0 Å². The van der Waals surface area contributed by atoms with Gasteiger partial charge < -0.3 is 14.8 Å². The van der Waals surface area contributed by atoms with Crippen LogP contribution in [0.2, 0.25) is 0 Å². The largest absolute Gasteiger partial charge is 0.463 e. The first-order chi connectivity index (χ1) is 10.6. The molecule has 0 aliphatic heterocycles. The van der Waals surface area contributed by atoms with Crippen LogP contribution in [0.4, 0.5) is 4.79 Å². The van der Waals surface area contributed by atoms with Gasteiger partial charge in [0.15, 0.2) is 0 Å². The van der Waals surface area contributed by atoms with Crippen molar-refractivity contribution in [1.82, 2.24) is 5.32 Å². The molecule has 6 heteroatoms. The lowest BCUT2D eigenvalue weighted by molar-refractivity contribution is -0.141. The summed E-state index contributed by atoms with van der Waals surface area (Å²) in [5.41, 5.74) is 0.908. The number of benzene rings is 1. The van der Waals surface area contributed by atoms with Gasteiger partial charge in [-0.1, -0.05) is 36.4 Å². The third-order valence-electron chi connectivity index (χ3n) is 2.84. The molecule has 2 rings (SSSR count). The third kappa shape index (κ3) is 5.21. The molecule has 22 heavy (non-hydrogen) atoms. The van der Waals surface area contributed by atoms with E-state index in [1.807, 2.05) is 47.8 Å². The lowest BCUT2D eigenvalue weighted by Crippen LogP contribution is -2.32. The van der Waals surface area contributed by atoms with Gasteiger partial charge in [-0.15, -0.1) is 11.3 Å². The molecule has 0 aliphatic carbocycles. The normalized spacial score (nSPS) is 11.5. The van der Waals surface area contributed by atoms with Crippen LogP contribution >= 0.6 is 11.3 Å². The molecule has 5 nitrogen and oxygen atoms in total. The number of hydrogen-bond donors (Lipinski definition) is 1. The number of esters is 1. The Morgan fingerprint density at radius 2 is 1.91 bits per heavy atom. The van der Waals surface area contributed by atoms with Crippen molar-refractivity contribution in [2.45, 2.75) is 19.6 Å². The molecule has 2 aromatic rings. The topological polar surface area (TPSA) is 64.6 Å². The van der Waals surface area contributed by atoms with E-state index >= 15 is 0 Å². The maximum Gasteiger partial charge on any atom is 0.408 e. The predicted octanol–water partition coefficient (Wildman–Crippen LogP) is 3.28. The number of hydrogen-bond acceptors (Lipinski definition) is 5. The minimum absolute atomic E-state index is 0.0796. The van der Waals surface area contributed by atoms with E-state index in [9.17, 15) is 9.59 Å². The zero-order valence-electron chi connectivity index (χ0n) is 12.2. The van der Waals surface area contributed by atoms with E-state index in [1.165, 1.54) is 18.3 Å². The number of ether oxygens (including phenoxy) is 2. The van der Waals surface area contributed by atoms with Crippen LogP contribution in [0.3, 0.4) is 0 Å². The zero-order valence-corrected chi connectivity index (χ0v) is 13.0. The van der Waals surface area contributed by atoms with Crippen molar-refractivity contribution in [3.05, 3.63) is 58.3 Å². The average molecular weight is 319 g/mol. The van der Waals surface area contributed by atoms with Crippen molar-refractivity contribution < 1.29 is 19.1 Å². The maximum atomic E-state index is 11.9. The quantitative estimate of drug-likeness (QED) is 0.830. The molecule has 0 radical (unpaired) electrons. The Balaban J connectivity index is 1.89. The van der Waals surface area contributed by atoms with Crippen LogP contribution in [-0.4, -0.2) is 18.7 Å². The standard InChI is InChI=1S/C16H17NO4S/c1-12(18)20-11-14(15-8-5-9-22-15)17-16(19)21-10-13-6-3-2-4-7-13/h2-9,14H,10-11H2,1H3,(H,17,19)/t14-/m1/s1. The van der Waals surface area contributed by atoms with Gasteiger partial charge in [0.05, 0.1) is 0 Å². The van der Waals surface area contributed by atoms with Crippen molar-refractivity contribution in [2.24, 2.45) is 0 Å². The second-order valence-electron chi connectivity index (χ2n) is 4.58. The van der Waals surface area contributed by atoms with Gasteiger partial charge in [0.2, 0.25) is 0 Å². The summed E-state index contributed by atoms with van der Waals surface area (Å²) in [7, 11) is 0. The molecule has 1 aromatic heterocycles. The lowest BCUT2D eigenvalue weighted by atomic mass is 10.2. The van der Waals surface area contributed by atoms with Crippen molar-refractivity contribution in [3.63, 3.8) is 0 Å². The molecule has 116 valence electrons. The van der Waals surface area contributed by atoms with Gasteiger partial charge in [0.1, 0.15) is 19.3 Å². The summed E-state index contributed by atoms with van der Waals surface area (Å²) >= 11 is 1.48. The van der Waals surface area contributed by atoms with Gasteiger partial charge in [0, 0.05) is 11.8 Å². The van der Waals surface area contributed by atoms with E-state index < -0.39 is 12.1 Å².